The van der Waals surface area contributed by atoms with Crippen molar-refractivity contribution in [2.24, 2.45) is 0 Å². The number of carbonyl (C=O) groups excluding carboxylic acids is 1. The van der Waals surface area contributed by atoms with Crippen LogP contribution in [0.4, 0.5) is 0 Å². The topological polar surface area (TPSA) is 74.2 Å². The summed E-state index contributed by atoms with van der Waals surface area (Å²) in [6.45, 7) is 1.51. The number of rotatable bonds is 10. The van der Waals surface area contributed by atoms with E-state index in [1.54, 1.807) is 7.11 Å². The van der Waals surface area contributed by atoms with E-state index < -0.39 is 5.97 Å². The molecule has 0 aromatic rings. The second-order valence-electron chi connectivity index (χ2n) is 2.60. The molecule has 0 rings (SSSR count). The molecule has 0 unspecified atom stereocenters. The Bertz CT molecular complexity index is 150. The molecule has 90 valence electrons. The standard InChI is InChI=1S/C9H18O6/c1-12-4-5-13-6-7-14-8-9(11)15-3-2-10/h10H,2-8H2,1H3. The fraction of sp³-hybridized carbons (Fsp3) is 0.889. The predicted octanol–water partition coefficient (Wildman–Crippen LogP) is -0.798. The first-order chi connectivity index (χ1) is 7.31. The van der Waals surface area contributed by atoms with Gasteiger partial charge in [0.2, 0.25) is 0 Å². The third kappa shape index (κ3) is 11.2. The number of methoxy groups -OCH3 is 1. The van der Waals surface area contributed by atoms with E-state index in [1.807, 2.05) is 0 Å². The molecule has 0 aliphatic rings. The summed E-state index contributed by atoms with van der Waals surface area (Å²) in [5, 5.41) is 8.36. The molecule has 0 aromatic heterocycles. The monoisotopic (exact) mass is 222 g/mol. The van der Waals surface area contributed by atoms with E-state index in [2.05, 4.69) is 4.74 Å². The van der Waals surface area contributed by atoms with Crippen LogP contribution in [0.2, 0.25) is 0 Å². The Balaban J connectivity index is 3.06. The van der Waals surface area contributed by atoms with Gasteiger partial charge in [0, 0.05) is 7.11 Å². The molecule has 1 N–H and O–H groups in total. The molecule has 6 nitrogen and oxygen atoms in total. The van der Waals surface area contributed by atoms with Crippen LogP contribution < -0.4 is 0 Å². The van der Waals surface area contributed by atoms with Crippen molar-refractivity contribution < 1.29 is 28.8 Å². The number of esters is 1. The molecular weight excluding hydrogens is 204 g/mol. The molecule has 0 aliphatic carbocycles. The summed E-state index contributed by atoms with van der Waals surface area (Å²) >= 11 is 0. The molecular formula is C9H18O6. The zero-order chi connectivity index (χ0) is 11.4. The molecule has 0 amide bonds. The number of ether oxygens (including phenoxy) is 4. The fourth-order valence-corrected chi connectivity index (χ4v) is 0.719. The molecule has 0 aliphatic heterocycles. The Kier molecular flexibility index (Phi) is 10.9. The predicted molar refractivity (Wildman–Crippen MR) is 51.6 cm³/mol. The smallest absolute Gasteiger partial charge is 0.332 e. The van der Waals surface area contributed by atoms with Crippen molar-refractivity contribution in [2.75, 3.05) is 53.4 Å². The second kappa shape index (κ2) is 11.4. The Morgan fingerprint density at radius 1 is 1.07 bits per heavy atom. The summed E-state index contributed by atoms with van der Waals surface area (Å²) in [7, 11) is 1.59. The maximum Gasteiger partial charge on any atom is 0.332 e. The normalized spacial score (nSPS) is 10.3. The molecule has 0 aromatic carbocycles. The molecule has 15 heavy (non-hydrogen) atoms. The molecule has 0 fully saturated rings. The number of aliphatic hydroxyl groups is 1. The minimum atomic E-state index is -0.485. The van der Waals surface area contributed by atoms with Crippen molar-refractivity contribution in [1.82, 2.24) is 0 Å². The average Bonchev–Trinajstić information content (AvgIpc) is 2.25. The maximum absolute atomic E-state index is 10.8. The van der Waals surface area contributed by atoms with E-state index in [0.717, 1.165) is 0 Å². The fourth-order valence-electron chi connectivity index (χ4n) is 0.719. The average molecular weight is 222 g/mol. The SMILES string of the molecule is COCCOCCOCC(=O)OCCO. The van der Waals surface area contributed by atoms with E-state index >= 15 is 0 Å². The zero-order valence-electron chi connectivity index (χ0n) is 8.94. The summed E-state index contributed by atoms with van der Waals surface area (Å²) < 4.78 is 19.4. The van der Waals surface area contributed by atoms with Crippen LogP contribution in [-0.2, 0) is 23.7 Å². The molecule has 6 heteroatoms. The van der Waals surface area contributed by atoms with Crippen LogP contribution in [0.3, 0.4) is 0 Å². The summed E-state index contributed by atoms with van der Waals surface area (Å²) in [6.07, 6.45) is 0. The quantitative estimate of drug-likeness (QED) is 0.385. The Morgan fingerprint density at radius 3 is 2.40 bits per heavy atom. The highest BCUT2D eigenvalue weighted by molar-refractivity contribution is 5.70. The van der Waals surface area contributed by atoms with Crippen LogP contribution in [-0.4, -0.2) is 64.4 Å². The number of aliphatic hydroxyl groups excluding tert-OH is 1. The Labute approximate surface area is 89.1 Å². The van der Waals surface area contributed by atoms with E-state index in [-0.39, 0.29) is 19.8 Å². The van der Waals surface area contributed by atoms with Crippen LogP contribution in [0.15, 0.2) is 0 Å². The molecule has 0 radical (unpaired) electrons. The molecule has 0 atom stereocenters. The van der Waals surface area contributed by atoms with Gasteiger partial charge < -0.3 is 24.1 Å². The lowest BCUT2D eigenvalue weighted by Gasteiger charge is -2.05. The summed E-state index contributed by atoms with van der Waals surface area (Å²) in [6, 6.07) is 0. The van der Waals surface area contributed by atoms with Crippen LogP contribution in [0.1, 0.15) is 0 Å². The third-order valence-corrected chi connectivity index (χ3v) is 1.38. The molecule has 0 spiro atoms. The van der Waals surface area contributed by atoms with Gasteiger partial charge in [0.25, 0.3) is 0 Å². The van der Waals surface area contributed by atoms with Gasteiger partial charge >= 0.3 is 5.97 Å². The van der Waals surface area contributed by atoms with Gasteiger partial charge in [-0.3, -0.25) is 0 Å². The third-order valence-electron chi connectivity index (χ3n) is 1.38. The van der Waals surface area contributed by atoms with Crippen LogP contribution in [0.25, 0.3) is 0 Å². The lowest BCUT2D eigenvalue weighted by molar-refractivity contribution is -0.150. The first-order valence-electron chi connectivity index (χ1n) is 4.72. The maximum atomic E-state index is 10.8. The number of carbonyl (C=O) groups is 1. The summed E-state index contributed by atoms with van der Waals surface area (Å²) in [5.74, 6) is -0.485. The molecule has 0 saturated heterocycles. The highest BCUT2D eigenvalue weighted by Crippen LogP contribution is 1.83. The van der Waals surface area contributed by atoms with Gasteiger partial charge in [0.1, 0.15) is 13.2 Å². The van der Waals surface area contributed by atoms with Gasteiger partial charge in [0.15, 0.2) is 0 Å². The van der Waals surface area contributed by atoms with Crippen LogP contribution in [0.5, 0.6) is 0 Å². The first-order valence-corrected chi connectivity index (χ1v) is 4.72. The van der Waals surface area contributed by atoms with Crippen LogP contribution in [0, 0.1) is 0 Å². The van der Waals surface area contributed by atoms with Crippen molar-refractivity contribution >= 4 is 5.97 Å². The van der Waals surface area contributed by atoms with E-state index in [1.165, 1.54) is 0 Å². The van der Waals surface area contributed by atoms with Crippen molar-refractivity contribution in [3.8, 4) is 0 Å². The summed E-state index contributed by atoms with van der Waals surface area (Å²) in [5.41, 5.74) is 0. The van der Waals surface area contributed by atoms with Gasteiger partial charge in [-0.05, 0) is 0 Å². The van der Waals surface area contributed by atoms with Gasteiger partial charge in [-0.2, -0.15) is 0 Å². The summed E-state index contributed by atoms with van der Waals surface area (Å²) in [4.78, 5) is 10.8. The highest BCUT2D eigenvalue weighted by Gasteiger charge is 2.01. The van der Waals surface area contributed by atoms with Gasteiger partial charge in [-0.1, -0.05) is 0 Å². The van der Waals surface area contributed by atoms with Gasteiger partial charge in [-0.15, -0.1) is 0 Å². The zero-order valence-corrected chi connectivity index (χ0v) is 8.94. The molecule has 0 saturated carbocycles. The lowest BCUT2D eigenvalue weighted by atomic mass is 10.6. The number of hydrogen-bond acceptors (Lipinski definition) is 6. The van der Waals surface area contributed by atoms with E-state index in [4.69, 9.17) is 19.3 Å². The molecule has 0 heterocycles. The Hall–Kier alpha value is -0.690. The van der Waals surface area contributed by atoms with Crippen molar-refractivity contribution in [2.45, 2.75) is 0 Å². The lowest BCUT2D eigenvalue weighted by Crippen LogP contribution is -2.17. The van der Waals surface area contributed by atoms with Crippen molar-refractivity contribution in [1.29, 1.82) is 0 Å². The molecule has 0 bridgehead atoms. The highest BCUT2D eigenvalue weighted by atomic mass is 16.6. The van der Waals surface area contributed by atoms with Crippen LogP contribution >= 0.6 is 0 Å². The minimum absolute atomic E-state index is 0.00648. The second-order valence-corrected chi connectivity index (χ2v) is 2.60. The largest absolute Gasteiger partial charge is 0.462 e. The van der Waals surface area contributed by atoms with Gasteiger partial charge in [-0.25, -0.2) is 4.79 Å². The van der Waals surface area contributed by atoms with Crippen molar-refractivity contribution in [3.05, 3.63) is 0 Å². The number of hydrogen-bond donors (Lipinski definition) is 1. The van der Waals surface area contributed by atoms with Gasteiger partial charge in [0.05, 0.1) is 33.0 Å². The minimum Gasteiger partial charge on any atom is -0.462 e. The van der Waals surface area contributed by atoms with E-state index in [0.29, 0.717) is 26.4 Å². The van der Waals surface area contributed by atoms with Crippen molar-refractivity contribution in [3.63, 3.8) is 0 Å². The van der Waals surface area contributed by atoms with E-state index in [9.17, 15) is 4.79 Å². The Morgan fingerprint density at radius 2 is 1.73 bits per heavy atom. The first kappa shape index (κ1) is 14.3.